The van der Waals surface area contributed by atoms with Crippen molar-refractivity contribution in [3.05, 3.63) is 34.9 Å². The van der Waals surface area contributed by atoms with Crippen LogP contribution in [0.25, 0.3) is 0 Å². The number of aliphatic hydroxyl groups excluding tert-OH is 1. The Hall–Kier alpha value is -0.860. The highest BCUT2D eigenvalue weighted by Crippen LogP contribution is 2.27. The Kier molecular flexibility index (Phi) is 3.08. The van der Waals surface area contributed by atoms with Gasteiger partial charge in [0.15, 0.2) is 0 Å². The fraction of sp³-hybridized carbons (Fsp3) is 0.538. The lowest BCUT2D eigenvalue weighted by Gasteiger charge is -2.12. The molecule has 2 heteroatoms. The molecule has 1 aromatic rings. The molecule has 2 atom stereocenters. The fourth-order valence-electron chi connectivity index (χ4n) is 2.18. The van der Waals surface area contributed by atoms with Crippen LogP contribution < -0.4 is 5.32 Å². The summed E-state index contributed by atoms with van der Waals surface area (Å²) in [4.78, 5) is 0. The molecule has 82 valence electrons. The molecule has 2 N–H and O–H groups in total. The molecule has 0 saturated carbocycles. The third kappa shape index (κ3) is 2.21. The maximum absolute atomic E-state index is 9.09. The first-order valence-electron chi connectivity index (χ1n) is 5.62. The van der Waals surface area contributed by atoms with Gasteiger partial charge >= 0.3 is 0 Å². The van der Waals surface area contributed by atoms with Gasteiger partial charge in [0.05, 0.1) is 0 Å². The summed E-state index contributed by atoms with van der Waals surface area (Å²) in [6, 6.07) is 7.06. The lowest BCUT2D eigenvalue weighted by molar-refractivity contribution is 0.236. The third-order valence-corrected chi connectivity index (χ3v) is 3.41. The summed E-state index contributed by atoms with van der Waals surface area (Å²) in [7, 11) is 0. The summed E-state index contributed by atoms with van der Waals surface area (Å²) < 4.78 is 0. The summed E-state index contributed by atoms with van der Waals surface area (Å²) in [5.41, 5.74) is 4.05. The highest BCUT2D eigenvalue weighted by molar-refractivity contribution is 5.32. The van der Waals surface area contributed by atoms with Crippen molar-refractivity contribution in [2.24, 2.45) is 5.92 Å². The largest absolute Gasteiger partial charge is 0.396 e. The van der Waals surface area contributed by atoms with E-state index in [-0.39, 0.29) is 0 Å². The summed E-state index contributed by atoms with van der Waals surface area (Å²) >= 11 is 0. The predicted molar refractivity (Wildman–Crippen MR) is 61.9 cm³/mol. The Balaban J connectivity index is 2.13. The van der Waals surface area contributed by atoms with E-state index in [2.05, 4.69) is 37.4 Å². The van der Waals surface area contributed by atoms with E-state index >= 15 is 0 Å². The molecule has 1 fully saturated rings. The van der Waals surface area contributed by atoms with Crippen molar-refractivity contribution in [3.63, 3.8) is 0 Å². The van der Waals surface area contributed by atoms with Crippen LogP contribution in [0.15, 0.2) is 18.2 Å². The molecular formula is C13H19NO. The van der Waals surface area contributed by atoms with Crippen LogP contribution in [0.5, 0.6) is 0 Å². The van der Waals surface area contributed by atoms with Crippen molar-refractivity contribution in [2.45, 2.75) is 26.3 Å². The first kappa shape index (κ1) is 10.7. The van der Waals surface area contributed by atoms with E-state index in [1.165, 1.54) is 16.7 Å². The standard InChI is InChI=1S/C13H19NO/c1-9-3-4-12(5-10(9)2)13-6-11(8-15)7-14-13/h3-5,11,13-15H,6-8H2,1-2H3. The van der Waals surface area contributed by atoms with Crippen molar-refractivity contribution < 1.29 is 5.11 Å². The SMILES string of the molecule is Cc1ccc(C2CC(CO)CN2)cc1C. The van der Waals surface area contributed by atoms with Gasteiger partial charge < -0.3 is 10.4 Å². The minimum Gasteiger partial charge on any atom is -0.396 e. The van der Waals surface area contributed by atoms with Crippen molar-refractivity contribution in [1.29, 1.82) is 0 Å². The van der Waals surface area contributed by atoms with Crippen LogP contribution in [0.3, 0.4) is 0 Å². The van der Waals surface area contributed by atoms with Crippen molar-refractivity contribution in [2.75, 3.05) is 13.2 Å². The summed E-state index contributed by atoms with van der Waals surface area (Å²) in [5, 5.41) is 12.5. The zero-order valence-corrected chi connectivity index (χ0v) is 9.46. The highest BCUT2D eigenvalue weighted by atomic mass is 16.3. The van der Waals surface area contributed by atoms with Crippen LogP contribution in [0, 0.1) is 19.8 Å². The van der Waals surface area contributed by atoms with Crippen LogP contribution in [-0.4, -0.2) is 18.3 Å². The van der Waals surface area contributed by atoms with Gasteiger partial charge in [0.1, 0.15) is 0 Å². The maximum Gasteiger partial charge on any atom is 0.0472 e. The van der Waals surface area contributed by atoms with E-state index in [0.717, 1.165) is 13.0 Å². The molecule has 0 amide bonds. The number of hydrogen-bond acceptors (Lipinski definition) is 2. The number of aryl methyl sites for hydroxylation is 2. The topological polar surface area (TPSA) is 32.3 Å². The molecule has 0 bridgehead atoms. The Morgan fingerprint density at radius 3 is 2.73 bits per heavy atom. The van der Waals surface area contributed by atoms with Gasteiger partial charge in [-0.3, -0.25) is 0 Å². The molecule has 1 aliphatic rings. The van der Waals surface area contributed by atoms with E-state index in [9.17, 15) is 0 Å². The molecule has 2 nitrogen and oxygen atoms in total. The number of aliphatic hydroxyl groups is 1. The van der Waals surface area contributed by atoms with E-state index in [0.29, 0.717) is 18.6 Å². The van der Waals surface area contributed by atoms with Gasteiger partial charge in [-0.15, -0.1) is 0 Å². The Labute approximate surface area is 91.3 Å². The molecule has 0 aliphatic carbocycles. The zero-order chi connectivity index (χ0) is 10.8. The second-order valence-corrected chi connectivity index (χ2v) is 4.59. The Morgan fingerprint density at radius 1 is 1.33 bits per heavy atom. The van der Waals surface area contributed by atoms with Crippen molar-refractivity contribution >= 4 is 0 Å². The summed E-state index contributed by atoms with van der Waals surface area (Å²) in [5.74, 6) is 0.427. The molecule has 2 rings (SSSR count). The monoisotopic (exact) mass is 205 g/mol. The average molecular weight is 205 g/mol. The first-order chi connectivity index (χ1) is 7.20. The minimum absolute atomic E-state index is 0.300. The predicted octanol–water partition coefficient (Wildman–Crippen LogP) is 1.95. The van der Waals surface area contributed by atoms with Crippen molar-refractivity contribution in [3.8, 4) is 0 Å². The van der Waals surface area contributed by atoms with Gasteiger partial charge in [-0.05, 0) is 42.9 Å². The van der Waals surface area contributed by atoms with Crippen LogP contribution in [0.4, 0.5) is 0 Å². The molecule has 1 aliphatic heterocycles. The summed E-state index contributed by atoms with van der Waals surface area (Å²) in [6.45, 7) is 5.53. The van der Waals surface area contributed by atoms with E-state index in [4.69, 9.17) is 5.11 Å². The molecule has 0 spiro atoms. The molecule has 2 unspecified atom stereocenters. The summed E-state index contributed by atoms with van der Waals surface area (Å²) in [6.07, 6.45) is 1.05. The van der Waals surface area contributed by atoms with Crippen LogP contribution in [0.1, 0.15) is 29.2 Å². The van der Waals surface area contributed by atoms with E-state index < -0.39 is 0 Å². The number of rotatable bonds is 2. The number of nitrogens with one attached hydrogen (secondary N) is 1. The quantitative estimate of drug-likeness (QED) is 0.773. The normalized spacial score (nSPS) is 25.8. The Morgan fingerprint density at radius 2 is 2.13 bits per heavy atom. The van der Waals surface area contributed by atoms with Gasteiger partial charge in [0, 0.05) is 19.2 Å². The Bertz CT molecular complexity index is 348. The molecule has 1 aromatic carbocycles. The third-order valence-electron chi connectivity index (χ3n) is 3.41. The van der Waals surface area contributed by atoms with Crippen molar-refractivity contribution in [1.82, 2.24) is 5.32 Å². The lowest BCUT2D eigenvalue weighted by Crippen LogP contribution is -2.14. The van der Waals surface area contributed by atoms with Crippen LogP contribution >= 0.6 is 0 Å². The second kappa shape index (κ2) is 4.33. The maximum atomic E-state index is 9.09. The van der Waals surface area contributed by atoms with E-state index in [1.54, 1.807) is 0 Å². The molecule has 0 radical (unpaired) electrons. The first-order valence-corrected chi connectivity index (χ1v) is 5.62. The number of hydrogen-bond donors (Lipinski definition) is 2. The van der Waals surface area contributed by atoms with Gasteiger partial charge in [-0.1, -0.05) is 18.2 Å². The molecular weight excluding hydrogens is 186 g/mol. The molecule has 15 heavy (non-hydrogen) atoms. The second-order valence-electron chi connectivity index (χ2n) is 4.59. The molecule has 1 saturated heterocycles. The molecule has 0 aromatic heterocycles. The van der Waals surface area contributed by atoms with Gasteiger partial charge in [-0.2, -0.15) is 0 Å². The van der Waals surface area contributed by atoms with E-state index in [1.807, 2.05) is 0 Å². The van der Waals surface area contributed by atoms with Gasteiger partial charge in [0.25, 0.3) is 0 Å². The highest BCUT2D eigenvalue weighted by Gasteiger charge is 2.24. The van der Waals surface area contributed by atoms with Crippen LogP contribution in [-0.2, 0) is 0 Å². The molecule has 1 heterocycles. The van der Waals surface area contributed by atoms with Gasteiger partial charge in [0.2, 0.25) is 0 Å². The fourth-order valence-corrected chi connectivity index (χ4v) is 2.18. The van der Waals surface area contributed by atoms with Gasteiger partial charge in [-0.25, -0.2) is 0 Å². The zero-order valence-electron chi connectivity index (χ0n) is 9.46. The lowest BCUT2D eigenvalue weighted by atomic mass is 9.97. The smallest absolute Gasteiger partial charge is 0.0472 e. The average Bonchev–Trinajstić information content (AvgIpc) is 2.70. The minimum atomic E-state index is 0.300. The number of benzene rings is 1. The van der Waals surface area contributed by atoms with Crippen LogP contribution in [0.2, 0.25) is 0 Å².